The van der Waals surface area contributed by atoms with Crippen LogP contribution in [0.4, 0.5) is 11.5 Å². The first-order valence-electron chi connectivity index (χ1n) is 11.0. The topological polar surface area (TPSA) is 132 Å². The van der Waals surface area contributed by atoms with E-state index in [2.05, 4.69) is 20.3 Å². The van der Waals surface area contributed by atoms with E-state index in [1.54, 1.807) is 76.0 Å². The number of nitrogens with one attached hydrogen (secondary N) is 1. The second kappa shape index (κ2) is 10.9. The molecule has 3 aromatic rings. The van der Waals surface area contributed by atoms with Gasteiger partial charge in [-0.3, -0.25) is 9.24 Å². The van der Waals surface area contributed by atoms with Crippen molar-refractivity contribution in [1.82, 2.24) is 19.5 Å². The monoisotopic (exact) mass is 490 g/mol. The number of carbonyl (C=O) groups is 1. The minimum Gasteiger partial charge on any atom is -0.461 e. The zero-order valence-electron chi connectivity index (χ0n) is 20.0. The number of benzene rings is 1. The zero-order chi connectivity index (χ0) is 24.9. The van der Waals surface area contributed by atoms with Crippen LogP contribution in [-0.2, 0) is 25.4 Å². The van der Waals surface area contributed by atoms with Crippen LogP contribution in [0.1, 0.15) is 27.7 Å². The summed E-state index contributed by atoms with van der Waals surface area (Å²) in [5.74, 6) is 0.0176. The first kappa shape index (κ1) is 25.6. The highest BCUT2D eigenvalue weighted by Gasteiger charge is 2.37. The molecule has 12 heteroatoms. The van der Waals surface area contributed by atoms with Gasteiger partial charge in [0.2, 0.25) is 0 Å². The highest BCUT2D eigenvalue weighted by Crippen LogP contribution is 2.50. The Kier molecular flexibility index (Phi) is 8.24. The van der Waals surface area contributed by atoms with Crippen molar-refractivity contribution in [2.45, 2.75) is 52.5 Å². The molecule has 184 valence electrons. The minimum absolute atomic E-state index is 0.348. The molecule has 2 aromatic heterocycles. The average Bonchev–Trinajstić information content (AvgIpc) is 3.21. The molecule has 0 aliphatic heterocycles. The summed E-state index contributed by atoms with van der Waals surface area (Å²) in [7, 11) is -2.38. The number of ether oxygens (including phenoxy) is 2. The fraction of sp³-hybridized carbons (Fsp3) is 0.455. The molecule has 0 unspecified atom stereocenters. The molecule has 2 heterocycles. The van der Waals surface area contributed by atoms with Crippen LogP contribution >= 0.6 is 7.52 Å². The maximum atomic E-state index is 13.4. The number of aromatic nitrogens is 4. The van der Waals surface area contributed by atoms with E-state index in [4.69, 9.17) is 9.47 Å². The number of esters is 1. The van der Waals surface area contributed by atoms with E-state index in [9.17, 15) is 14.3 Å². The van der Waals surface area contributed by atoms with Gasteiger partial charge in [-0.05, 0) is 39.8 Å². The van der Waals surface area contributed by atoms with Gasteiger partial charge in [-0.25, -0.2) is 19.7 Å². The largest absolute Gasteiger partial charge is 0.461 e. The van der Waals surface area contributed by atoms with Gasteiger partial charge >= 0.3 is 13.5 Å². The molecule has 0 bridgehead atoms. The van der Waals surface area contributed by atoms with Gasteiger partial charge in [-0.1, -0.05) is 18.2 Å². The molecule has 0 radical (unpaired) electrons. The molecule has 0 saturated heterocycles. The van der Waals surface area contributed by atoms with Crippen molar-refractivity contribution in [3.8, 4) is 0 Å². The Balaban J connectivity index is 1.75. The third-order valence-electron chi connectivity index (χ3n) is 5.04. The van der Waals surface area contributed by atoms with Crippen molar-refractivity contribution in [1.29, 1.82) is 0 Å². The summed E-state index contributed by atoms with van der Waals surface area (Å²) in [6.45, 7) is 7.14. The predicted molar refractivity (Wildman–Crippen MR) is 130 cm³/mol. The second-order valence-corrected chi connectivity index (χ2v) is 10.2. The lowest BCUT2D eigenvalue weighted by molar-refractivity contribution is -0.148. The molecular weight excluding hydrogens is 459 g/mol. The Hall–Kier alpha value is -3.01. The molecule has 0 amide bonds. The summed E-state index contributed by atoms with van der Waals surface area (Å²) in [5, 5.41) is 2.97. The number of imidazole rings is 1. The van der Waals surface area contributed by atoms with E-state index >= 15 is 0 Å². The van der Waals surface area contributed by atoms with E-state index in [0.717, 1.165) is 0 Å². The number of fused-ring (bicyclic) bond motifs is 1. The minimum atomic E-state index is -4.13. The Labute approximate surface area is 198 Å². The molecule has 0 aliphatic rings. The molecule has 3 rings (SSSR count). The van der Waals surface area contributed by atoms with Crippen molar-refractivity contribution >= 4 is 36.2 Å². The Morgan fingerprint density at radius 1 is 1.18 bits per heavy atom. The normalized spacial score (nSPS) is 15.0. The lowest BCUT2D eigenvalue weighted by Crippen LogP contribution is -2.40. The third kappa shape index (κ3) is 5.91. The van der Waals surface area contributed by atoms with E-state index in [0.29, 0.717) is 29.2 Å². The first-order valence-corrected chi connectivity index (χ1v) is 12.8. The number of para-hydroxylation sites is 1. The quantitative estimate of drug-likeness (QED) is 0.305. The fourth-order valence-electron chi connectivity index (χ4n) is 3.50. The van der Waals surface area contributed by atoms with Crippen molar-refractivity contribution in [3.63, 3.8) is 0 Å². The number of rotatable bonds is 11. The van der Waals surface area contributed by atoms with Gasteiger partial charge < -0.3 is 24.3 Å². The van der Waals surface area contributed by atoms with E-state index < -0.39 is 32.0 Å². The molecule has 1 aromatic carbocycles. The van der Waals surface area contributed by atoms with Gasteiger partial charge in [0.15, 0.2) is 11.5 Å². The van der Waals surface area contributed by atoms with E-state index in [1.807, 2.05) is 0 Å². The standard InChI is InChI=1S/C22H31N6O5P/c1-15(2)33-22(29)17(4)28(18-9-7-6-8-10-18)34(30,31)14-32-16(3)11-27-13-26-19-20(23-5)24-12-25-21(19)27/h6-10,12-13,15-17H,11,14H2,1-5H3,(H,30,31)(H,23,24,25)/t16-,17+/m1/s1. The molecule has 11 nitrogen and oxygen atoms in total. The van der Waals surface area contributed by atoms with Crippen LogP contribution < -0.4 is 9.99 Å². The van der Waals surface area contributed by atoms with Crippen LogP contribution in [0, 0.1) is 0 Å². The van der Waals surface area contributed by atoms with Crippen molar-refractivity contribution in [2.75, 3.05) is 23.4 Å². The molecule has 2 N–H and O–H groups in total. The van der Waals surface area contributed by atoms with Crippen molar-refractivity contribution < 1.29 is 23.7 Å². The number of nitrogens with zero attached hydrogens (tertiary/aromatic N) is 5. The summed E-state index contributed by atoms with van der Waals surface area (Å²) in [5.41, 5.74) is 1.67. The highest BCUT2D eigenvalue weighted by molar-refractivity contribution is 7.59. The smallest absolute Gasteiger partial charge is 0.329 e. The van der Waals surface area contributed by atoms with Gasteiger partial charge in [-0.2, -0.15) is 0 Å². The lowest BCUT2D eigenvalue weighted by atomic mass is 10.2. The maximum absolute atomic E-state index is 13.4. The summed E-state index contributed by atoms with van der Waals surface area (Å²) >= 11 is 0. The summed E-state index contributed by atoms with van der Waals surface area (Å²) in [6.07, 6.45) is 1.79. The summed E-state index contributed by atoms with van der Waals surface area (Å²) in [6, 6.07) is 7.60. The van der Waals surface area contributed by atoms with Gasteiger partial charge in [-0.15, -0.1) is 0 Å². The SMILES string of the molecule is CNc1ncnc2c1ncn2C[C@@H](C)OC[P@](=O)(O)N(c1ccccc1)[C@@H](C)C(=O)OC(C)C. The second-order valence-electron chi connectivity index (χ2n) is 8.15. The van der Waals surface area contributed by atoms with Crippen LogP contribution in [0.15, 0.2) is 43.0 Å². The zero-order valence-corrected chi connectivity index (χ0v) is 20.8. The molecule has 0 saturated carbocycles. The summed E-state index contributed by atoms with van der Waals surface area (Å²) < 4.78 is 27.5. The summed E-state index contributed by atoms with van der Waals surface area (Å²) in [4.78, 5) is 36.3. The number of carbonyl (C=O) groups excluding carboxylic acids is 1. The number of hydrogen-bond acceptors (Lipinski definition) is 8. The molecule has 0 aliphatic carbocycles. The Morgan fingerprint density at radius 3 is 2.53 bits per heavy atom. The fourth-order valence-corrected chi connectivity index (χ4v) is 5.20. The molecule has 34 heavy (non-hydrogen) atoms. The molecule has 0 spiro atoms. The van der Waals surface area contributed by atoms with Crippen molar-refractivity contribution in [2.24, 2.45) is 0 Å². The Bertz CT molecular complexity index is 1160. The number of anilines is 2. The van der Waals surface area contributed by atoms with Gasteiger partial charge in [0, 0.05) is 12.7 Å². The van der Waals surface area contributed by atoms with E-state index in [-0.39, 0.29) is 6.10 Å². The maximum Gasteiger partial charge on any atom is 0.329 e. The van der Waals surface area contributed by atoms with Gasteiger partial charge in [0.05, 0.1) is 25.1 Å². The Morgan fingerprint density at radius 2 is 1.88 bits per heavy atom. The van der Waals surface area contributed by atoms with Crippen LogP contribution in [0.3, 0.4) is 0 Å². The van der Waals surface area contributed by atoms with Crippen LogP contribution in [0.5, 0.6) is 0 Å². The van der Waals surface area contributed by atoms with Crippen LogP contribution in [-0.4, -0.2) is 62.0 Å². The molecule has 3 atom stereocenters. The lowest BCUT2D eigenvalue weighted by Gasteiger charge is -2.34. The molecular formula is C22H31N6O5P. The van der Waals surface area contributed by atoms with Gasteiger partial charge in [0.25, 0.3) is 0 Å². The molecule has 0 fully saturated rings. The van der Waals surface area contributed by atoms with E-state index in [1.165, 1.54) is 11.0 Å². The first-order chi connectivity index (χ1) is 16.1. The average molecular weight is 491 g/mol. The van der Waals surface area contributed by atoms with Gasteiger partial charge in [0.1, 0.15) is 24.2 Å². The number of hydrogen-bond donors (Lipinski definition) is 2. The van der Waals surface area contributed by atoms with Crippen LogP contribution in [0.2, 0.25) is 0 Å². The van der Waals surface area contributed by atoms with Crippen LogP contribution in [0.25, 0.3) is 11.2 Å². The highest BCUT2D eigenvalue weighted by atomic mass is 31.2. The predicted octanol–water partition coefficient (Wildman–Crippen LogP) is 3.26. The third-order valence-corrected chi connectivity index (χ3v) is 6.77. The van der Waals surface area contributed by atoms with Crippen molar-refractivity contribution in [3.05, 3.63) is 43.0 Å².